The number of aromatic nitrogens is 3. The summed E-state index contributed by atoms with van der Waals surface area (Å²) < 4.78 is 2.11. The Morgan fingerprint density at radius 1 is 1.27 bits per heavy atom. The van der Waals surface area contributed by atoms with Gasteiger partial charge in [-0.05, 0) is 57.0 Å². The zero-order valence-corrected chi connectivity index (χ0v) is 18.4. The van der Waals surface area contributed by atoms with Crippen molar-refractivity contribution in [1.82, 2.24) is 24.6 Å². The van der Waals surface area contributed by atoms with Gasteiger partial charge >= 0.3 is 0 Å². The van der Waals surface area contributed by atoms with E-state index in [-0.39, 0.29) is 0 Å². The highest BCUT2D eigenvalue weighted by Crippen LogP contribution is 2.34. The van der Waals surface area contributed by atoms with Gasteiger partial charge in [-0.25, -0.2) is 4.98 Å². The summed E-state index contributed by atoms with van der Waals surface area (Å²) in [6, 6.07) is 11.3. The quantitative estimate of drug-likeness (QED) is 0.692. The van der Waals surface area contributed by atoms with Gasteiger partial charge in [0.1, 0.15) is 16.6 Å². The monoisotopic (exact) mass is 424 g/mol. The summed E-state index contributed by atoms with van der Waals surface area (Å²) >= 11 is 6.92. The highest BCUT2D eigenvalue weighted by molar-refractivity contribution is 6.30. The molecule has 0 saturated carbocycles. The SMILES string of the molecule is C[C@H]1CN(c2cccc3nc(CN(C)[C@H]4CCCc5cccnc54)c(Cl)n23)CCN1. The highest BCUT2D eigenvalue weighted by atomic mass is 35.5. The van der Waals surface area contributed by atoms with E-state index in [9.17, 15) is 0 Å². The summed E-state index contributed by atoms with van der Waals surface area (Å²) in [5, 5.41) is 4.23. The van der Waals surface area contributed by atoms with Crippen LogP contribution in [0, 0.1) is 0 Å². The topological polar surface area (TPSA) is 48.7 Å². The molecule has 6 nitrogen and oxygen atoms in total. The summed E-state index contributed by atoms with van der Waals surface area (Å²) in [5.74, 6) is 1.12. The van der Waals surface area contributed by atoms with E-state index in [1.54, 1.807) is 0 Å². The van der Waals surface area contributed by atoms with Crippen molar-refractivity contribution in [3.63, 3.8) is 0 Å². The summed E-state index contributed by atoms with van der Waals surface area (Å²) in [6.07, 6.45) is 5.34. The minimum absolute atomic E-state index is 0.310. The van der Waals surface area contributed by atoms with Crippen molar-refractivity contribution >= 4 is 23.1 Å². The first-order valence-corrected chi connectivity index (χ1v) is 11.3. The molecule has 0 aromatic carbocycles. The van der Waals surface area contributed by atoms with Gasteiger partial charge in [-0.2, -0.15) is 0 Å². The van der Waals surface area contributed by atoms with Crippen molar-refractivity contribution in [2.75, 3.05) is 31.6 Å². The smallest absolute Gasteiger partial charge is 0.139 e. The normalized spacial score (nSPS) is 21.9. The van der Waals surface area contributed by atoms with E-state index in [0.717, 1.165) is 54.8 Å². The maximum absolute atomic E-state index is 6.92. The Morgan fingerprint density at radius 2 is 2.17 bits per heavy atom. The third-order valence-corrected chi connectivity index (χ3v) is 6.81. The van der Waals surface area contributed by atoms with E-state index in [2.05, 4.69) is 51.7 Å². The van der Waals surface area contributed by atoms with Crippen LogP contribution in [0.1, 0.15) is 42.8 Å². The second kappa shape index (κ2) is 8.17. The first-order valence-electron chi connectivity index (χ1n) is 10.9. The fourth-order valence-corrected chi connectivity index (χ4v) is 5.21. The molecule has 2 atom stereocenters. The van der Waals surface area contributed by atoms with Crippen LogP contribution in [0.15, 0.2) is 36.5 Å². The molecule has 0 bridgehead atoms. The summed E-state index contributed by atoms with van der Waals surface area (Å²) in [5.41, 5.74) is 4.42. The van der Waals surface area contributed by atoms with Crippen molar-refractivity contribution < 1.29 is 0 Å². The van der Waals surface area contributed by atoms with Gasteiger partial charge in [-0.1, -0.05) is 23.7 Å². The molecule has 158 valence electrons. The second-order valence-corrected chi connectivity index (χ2v) is 8.96. The van der Waals surface area contributed by atoms with E-state index in [4.69, 9.17) is 21.6 Å². The molecule has 1 aliphatic carbocycles. The van der Waals surface area contributed by atoms with E-state index in [0.29, 0.717) is 18.6 Å². The van der Waals surface area contributed by atoms with Gasteiger partial charge in [-0.15, -0.1) is 0 Å². The van der Waals surface area contributed by atoms with E-state index < -0.39 is 0 Å². The molecule has 0 spiro atoms. The number of halogens is 1. The third kappa shape index (κ3) is 3.57. The van der Waals surface area contributed by atoms with Gasteiger partial charge in [-0.3, -0.25) is 14.3 Å². The van der Waals surface area contributed by atoms with Gasteiger partial charge in [0.05, 0.1) is 17.4 Å². The molecular formula is C23H29ClN6. The van der Waals surface area contributed by atoms with Crippen LogP contribution >= 0.6 is 11.6 Å². The molecular weight excluding hydrogens is 396 g/mol. The molecule has 1 aliphatic heterocycles. The van der Waals surface area contributed by atoms with Crippen molar-refractivity contribution in [2.45, 2.75) is 44.8 Å². The highest BCUT2D eigenvalue weighted by Gasteiger charge is 2.27. The average Bonchev–Trinajstić information content (AvgIpc) is 3.08. The van der Waals surface area contributed by atoms with Gasteiger partial charge in [0.2, 0.25) is 0 Å². The number of nitrogens with one attached hydrogen (secondary N) is 1. The Kier molecular flexibility index (Phi) is 5.39. The fourth-order valence-electron chi connectivity index (χ4n) is 4.94. The Morgan fingerprint density at radius 3 is 3.03 bits per heavy atom. The number of hydrogen-bond acceptors (Lipinski definition) is 5. The van der Waals surface area contributed by atoms with Crippen LogP contribution in [-0.2, 0) is 13.0 Å². The molecule has 2 aliphatic rings. The zero-order chi connectivity index (χ0) is 20.7. The van der Waals surface area contributed by atoms with Crippen LogP contribution in [0.2, 0.25) is 5.15 Å². The Hall–Kier alpha value is -2.15. The van der Waals surface area contributed by atoms with E-state index in [1.165, 1.54) is 17.7 Å². The molecule has 0 radical (unpaired) electrons. The number of rotatable bonds is 4. The number of fused-ring (bicyclic) bond motifs is 2. The molecule has 1 fully saturated rings. The standard InChI is InChI=1S/C23H29ClN6/c1-16-14-29(13-12-25-16)21-10-4-9-20-27-18(23(24)30(20)21)15-28(2)19-8-3-6-17-7-5-11-26-22(17)19/h4-5,7,9-11,16,19,25H,3,6,8,12-15H2,1-2H3/t16-,19-/m0/s1. The van der Waals surface area contributed by atoms with Crippen molar-refractivity contribution in [2.24, 2.45) is 0 Å². The molecule has 30 heavy (non-hydrogen) atoms. The predicted octanol–water partition coefficient (Wildman–Crippen LogP) is 3.69. The molecule has 3 aromatic heterocycles. The van der Waals surface area contributed by atoms with Crippen LogP contribution in [-0.4, -0.2) is 52.0 Å². The van der Waals surface area contributed by atoms with Crippen LogP contribution < -0.4 is 10.2 Å². The number of aryl methyl sites for hydroxylation is 1. The van der Waals surface area contributed by atoms with Crippen LogP contribution in [0.3, 0.4) is 0 Å². The van der Waals surface area contributed by atoms with Crippen molar-refractivity contribution in [3.05, 3.63) is 58.6 Å². The molecule has 7 heteroatoms. The third-order valence-electron chi connectivity index (χ3n) is 6.42. The number of hydrogen-bond donors (Lipinski definition) is 1. The molecule has 1 saturated heterocycles. The molecule has 0 amide bonds. The number of pyridine rings is 2. The van der Waals surface area contributed by atoms with Crippen molar-refractivity contribution in [1.29, 1.82) is 0 Å². The largest absolute Gasteiger partial charge is 0.355 e. The number of piperazine rings is 1. The van der Waals surface area contributed by atoms with Crippen LogP contribution in [0.4, 0.5) is 5.82 Å². The summed E-state index contributed by atoms with van der Waals surface area (Å²) in [6.45, 7) is 5.84. The molecule has 1 N–H and O–H groups in total. The first kappa shape index (κ1) is 19.8. The maximum Gasteiger partial charge on any atom is 0.139 e. The van der Waals surface area contributed by atoms with Crippen molar-refractivity contribution in [3.8, 4) is 0 Å². The molecule has 0 unspecified atom stereocenters. The maximum atomic E-state index is 6.92. The van der Waals surface area contributed by atoms with Crippen LogP contribution in [0.25, 0.3) is 5.65 Å². The first-order chi connectivity index (χ1) is 14.6. The lowest BCUT2D eigenvalue weighted by Gasteiger charge is -2.34. The Balaban J connectivity index is 1.45. The van der Waals surface area contributed by atoms with E-state index in [1.807, 2.05) is 18.3 Å². The average molecular weight is 425 g/mol. The Bertz CT molecular complexity index is 1050. The summed E-state index contributed by atoms with van der Waals surface area (Å²) in [4.78, 5) is 14.4. The molecule has 3 aromatic rings. The second-order valence-electron chi connectivity index (χ2n) is 8.60. The predicted molar refractivity (Wildman–Crippen MR) is 121 cm³/mol. The van der Waals surface area contributed by atoms with Crippen LogP contribution in [0.5, 0.6) is 0 Å². The zero-order valence-electron chi connectivity index (χ0n) is 17.7. The minimum atomic E-state index is 0.310. The van der Waals surface area contributed by atoms with Gasteiger partial charge in [0.25, 0.3) is 0 Å². The fraction of sp³-hybridized carbons (Fsp3) is 0.478. The van der Waals surface area contributed by atoms with Gasteiger partial charge in [0.15, 0.2) is 0 Å². The Labute approximate surface area is 182 Å². The number of imidazole rings is 1. The molecule has 4 heterocycles. The van der Waals surface area contributed by atoms with Gasteiger partial charge in [0, 0.05) is 38.4 Å². The van der Waals surface area contributed by atoms with E-state index >= 15 is 0 Å². The molecule has 5 rings (SSSR count). The van der Waals surface area contributed by atoms with Gasteiger partial charge < -0.3 is 10.2 Å². The number of nitrogens with zero attached hydrogens (tertiary/aromatic N) is 5. The lowest BCUT2D eigenvalue weighted by atomic mass is 9.91. The lowest BCUT2D eigenvalue weighted by Crippen LogP contribution is -2.49. The lowest BCUT2D eigenvalue weighted by molar-refractivity contribution is 0.206. The minimum Gasteiger partial charge on any atom is -0.355 e. The summed E-state index contributed by atoms with van der Waals surface area (Å²) in [7, 11) is 2.16. The number of anilines is 1.